The van der Waals surface area contributed by atoms with Gasteiger partial charge in [0.25, 0.3) is 0 Å². The van der Waals surface area contributed by atoms with Gasteiger partial charge in [-0.3, -0.25) is 13.9 Å². The second-order valence-electron chi connectivity index (χ2n) is 4.72. The zero-order valence-corrected chi connectivity index (χ0v) is 14.8. The van der Waals surface area contributed by atoms with E-state index in [-0.39, 0.29) is 19.0 Å². The first kappa shape index (κ1) is 21.3. The van der Waals surface area contributed by atoms with Gasteiger partial charge in [0.05, 0.1) is 13.2 Å². The number of nitrogens with one attached hydrogen (secondary N) is 1. The minimum atomic E-state index is -4.62. The van der Waals surface area contributed by atoms with Crippen molar-refractivity contribution in [1.29, 1.82) is 0 Å². The third-order valence-corrected chi connectivity index (χ3v) is 3.65. The molecule has 0 saturated carbocycles. The third kappa shape index (κ3) is 9.96. The summed E-state index contributed by atoms with van der Waals surface area (Å²) in [5, 5.41) is 2.56. The minimum absolute atomic E-state index is 0.0574. The second-order valence-corrected chi connectivity index (χ2v) is 6.90. The highest BCUT2D eigenvalue weighted by atomic mass is 32.3. The van der Waals surface area contributed by atoms with Crippen LogP contribution in [-0.2, 0) is 34.0 Å². The molecule has 0 heterocycles. The van der Waals surface area contributed by atoms with E-state index in [0.29, 0.717) is 11.4 Å². The molecule has 0 aliphatic heterocycles. The van der Waals surface area contributed by atoms with Crippen molar-refractivity contribution in [2.45, 2.75) is 6.92 Å². The molecule has 142 valence electrons. The summed E-state index contributed by atoms with van der Waals surface area (Å²) in [7, 11) is -9.24. The molecule has 0 fully saturated rings. The Morgan fingerprint density at radius 3 is 2.04 bits per heavy atom. The molecule has 0 aromatic heterocycles. The van der Waals surface area contributed by atoms with Crippen LogP contribution in [0.1, 0.15) is 6.92 Å². The smallest absolute Gasteiger partial charge is 0.367 e. The van der Waals surface area contributed by atoms with Crippen molar-refractivity contribution in [3.05, 3.63) is 24.3 Å². The molecular formula is C12H18N2O9S2. The molecule has 1 rings (SSSR count). The maximum atomic E-state index is 11.1. The Labute approximate surface area is 145 Å². The van der Waals surface area contributed by atoms with E-state index >= 15 is 0 Å². The maximum absolute atomic E-state index is 11.1. The van der Waals surface area contributed by atoms with Crippen LogP contribution in [0.25, 0.3) is 0 Å². The average Bonchev–Trinajstić information content (AvgIpc) is 2.42. The molecule has 0 spiro atoms. The Kier molecular flexibility index (Phi) is 7.72. The number of carbonyl (C=O) groups is 1. The zero-order valence-electron chi connectivity index (χ0n) is 13.2. The highest BCUT2D eigenvalue weighted by Crippen LogP contribution is 2.19. The molecule has 1 amide bonds. The van der Waals surface area contributed by atoms with Gasteiger partial charge in [-0.25, -0.2) is 8.37 Å². The van der Waals surface area contributed by atoms with Gasteiger partial charge < -0.3 is 10.2 Å². The molecule has 3 N–H and O–H groups in total. The molecule has 0 atom stereocenters. The van der Waals surface area contributed by atoms with Crippen LogP contribution in [-0.4, -0.2) is 58.2 Å². The van der Waals surface area contributed by atoms with Crippen LogP contribution in [0.3, 0.4) is 0 Å². The first-order valence-corrected chi connectivity index (χ1v) is 9.55. The lowest BCUT2D eigenvalue weighted by Crippen LogP contribution is -2.32. The molecule has 0 bridgehead atoms. The fourth-order valence-electron chi connectivity index (χ4n) is 1.86. The average molecular weight is 398 g/mol. The van der Waals surface area contributed by atoms with Crippen LogP contribution < -0.4 is 10.2 Å². The summed E-state index contributed by atoms with van der Waals surface area (Å²) in [5.74, 6) is -0.298. The number of anilines is 2. The molecule has 25 heavy (non-hydrogen) atoms. The predicted octanol–water partition coefficient (Wildman–Crippen LogP) is 0.0902. The number of benzene rings is 1. The van der Waals surface area contributed by atoms with Gasteiger partial charge in [-0.15, -0.1) is 0 Å². The number of amides is 1. The van der Waals surface area contributed by atoms with E-state index in [4.69, 9.17) is 9.11 Å². The van der Waals surface area contributed by atoms with E-state index < -0.39 is 34.0 Å². The van der Waals surface area contributed by atoms with Gasteiger partial charge in [-0.2, -0.15) is 16.8 Å². The van der Waals surface area contributed by atoms with E-state index in [2.05, 4.69) is 13.7 Å². The topological polar surface area (TPSA) is 160 Å². The lowest BCUT2D eigenvalue weighted by Gasteiger charge is -2.24. The Morgan fingerprint density at radius 1 is 1.08 bits per heavy atom. The van der Waals surface area contributed by atoms with Crippen molar-refractivity contribution >= 4 is 38.1 Å². The van der Waals surface area contributed by atoms with Gasteiger partial charge in [0, 0.05) is 31.4 Å². The lowest BCUT2D eigenvalue weighted by molar-refractivity contribution is -0.114. The number of carbonyl (C=O) groups excluding carboxylic acids is 1. The fraction of sp³-hybridized carbons (Fsp3) is 0.417. The summed E-state index contributed by atoms with van der Waals surface area (Å²) in [6.45, 7) is 0.366. The molecule has 11 nitrogen and oxygen atoms in total. The summed E-state index contributed by atoms with van der Waals surface area (Å²) in [6.07, 6.45) is 0. The lowest BCUT2D eigenvalue weighted by atomic mass is 10.2. The Balaban J connectivity index is 2.86. The van der Waals surface area contributed by atoms with Crippen LogP contribution >= 0.6 is 0 Å². The van der Waals surface area contributed by atoms with Gasteiger partial charge in [0.1, 0.15) is 0 Å². The van der Waals surface area contributed by atoms with Crippen molar-refractivity contribution in [3.63, 3.8) is 0 Å². The van der Waals surface area contributed by atoms with Crippen LogP contribution in [0.2, 0.25) is 0 Å². The van der Waals surface area contributed by atoms with Crippen molar-refractivity contribution in [3.8, 4) is 0 Å². The van der Waals surface area contributed by atoms with Crippen LogP contribution in [0, 0.1) is 0 Å². The van der Waals surface area contributed by atoms with Crippen molar-refractivity contribution in [2.24, 2.45) is 0 Å². The van der Waals surface area contributed by atoms with E-state index in [1.807, 2.05) is 0 Å². The highest BCUT2D eigenvalue weighted by molar-refractivity contribution is 7.81. The molecule has 0 unspecified atom stereocenters. The largest absolute Gasteiger partial charge is 0.397 e. The predicted molar refractivity (Wildman–Crippen MR) is 88.0 cm³/mol. The summed E-state index contributed by atoms with van der Waals surface area (Å²) < 4.78 is 68.0. The summed E-state index contributed by atoms with van der Waals surface area (Å²) in [4.78, 5) is 12.6. The fourth-order valence-corrected chi connectivity index (χ4v) is 2.43. The molecule has 13 heteroatoms. The molecule has 1 aromatic carbocycles. The van der Waals surface area contributed by atoms with E-state index in [9.17, 15) is 21.6 Å². The van der Waals surface area contributed by atoms with Gasteiger partial charge in [-0.1, -0.05) is 6.07 Å². The first-order chi connectivity index (χ1) is 11.5. The summed E-state index contributed by atoms with van der Waals surface area (Å²) in [5.41, 5.74) is 0.950. The maximum Gasteiger partial charge on any atom is 0.397 e. The van der Waals surface area contributed by atoms with Gasteiger partial charge in [0.15, 0.2) is 0 Å². The standard InChI is InChI=1S/C12H18N2O9S2/c1-10(15)13-11-3-2-4-12(9-11)14(5-7-22-24(16,17)18)6-8-23-25(19,20)21/h2-4,9H,5-8H2,1H3,(H,13,15)(H,16,17,18)(H,19,20,21). The number of hydrogen-bond acceptors (Lipinski definition) is 8. The van der Waals surface area contributed by atoms with E-state index in [1.54, 1.807) is 24.3 Å². The highest BCUT2D eigenvalue weighted by Gasteiger charge is 2.13. The zero-order chi connectivity index (χ0) is 19.1. The number of rotatable bonds is 10. The van der Waals surface area contributed by atoms with Crippen LogP contribution in [0.4, 0.5) is 11.4 Å². The van der Waals surface area contributed by atoms with Crippen LogP contribution in [0.15, 0.2) is 24.3 Å². The molecule has 0 radical (unpaired) electrons. The summed E-state index contributed by atoms with van der Waals surface area (Å²) in [6, 6.07) is 6.40. The van der Waals surface area contributed by atoms with Crippen LogP contribution in [0.5, 0.6) is 0 Å². The second kappa shape index (κ2) is 9.07. The van der Waals surface area contributed by atoms with Gasteiger partial charge in [-0.05, 0) is 18.2 Å². The van der Waals surface area contributed by atoms with Crippen molar-refractivity contribution in [2.75, 3.05) is 36.5 Å². The van der Waals surface area contributed by atoms with E-state index in [1.165, 1.54) is 11.8 Å². The van der Waals surface area contributed by atoms with Gasteiger partial charge >= 0.3 is 20.8 Å². The summed E-state index contributed by atoms with van der Waals surface area (Å²) >= 11 is 0. The van der Waals surface area contributed by atoms with Crippen molar-refractivity contribution in [1.82, 2.24) is 0 Å². The number of nitrogens with zero attached hydrogens (tertiary/aromatic N) is 1. The minimum Gasteiger partial charge on any atom is -0.367 e. The molecule has 0 saturated heterocycles. The normalized spacial score (nSPS) is 12.0. The third-order valence-electron chi connectivity index (χ3n) is 2.72. The van der Waals surface area contributed by atoms with Crippen molar-refractivity contribution < 1.29 is 39.1 Å². The Morgan fingerprint density at radius 2 is 1.60 bits per heavy atom. The molecule has 0 aliphatic carbocycles. The monoisotopic (exact) mass is 398 g/mol. The SMILES string of the molecule is CC(=O)Nc1cccc(N(CCOS(=O)(=O)O)CCOS(=O)(=O)O)c1. The Bertz CT molecular complexity index is 755. The van der Waals surface area contributed by atoms with E-state index in [0.717, 1.165) is 0 Å². The molecule has 0 aliphatic rings. The quantitative estimate of drug-likeness (QED) is 0.461. The molecular weight excluding hydrogens is 380 g/mol. The molecule has 1 aromatic rings. The Hall–Kier alpha value is -1.77. The first-order valence-electron chi connectivity index (χ1n) is 6.82. The van der Waals surface area contributed by atoms with Gasteiger partial charge in [0.2, 0.25) is 5.91 Å². The number of hydrogen-bond donors (Lipinski definition) is 3.